The first-order valence-electron chi connectivity index (χ1n) is 6.95. The molecule has 0 spiro atoms. The Kier molecular flexibility index (Phi) is 7.64. The van der Waals surface area contributed by atoms with E-state index in [1.807, 2.05) is 33.9 Å². The van der Waals surface area contributed by atoms with Crippen molar-refractivity contribution in [1.82, 2.24) is 0 Å². The summed E-state index contributed by atoms with van der Waals surface area (Å²) in [5, 5.41) is -0.142. The monoisotopic (exact) mass is 352 g/mol. The van der Waals surface area contributed by atoms with Gasteiger partial charge in [-0.15, -0.1) is 0 Å². The average molecular weight is 352 g/mol. The van der Waals surface area contributed by atoms with Gasteiger partial charge in [0.15, 0.2) is 8.32 Å². The number of ether oxygens (including phenoxy) is 1. The van der Waals surface area contributed by atoms with Crippen LogP contribution in [-0.2, 0) is 23.3 Å². The average Bonchev–Trinajstić information content (AvgIpc) is 2.23. The first kappa shape index (κ1) is 21.5. The van der Waals surface area contributed by atoms with Crippen molar-refractivity contribution in [1.29, 1.82) is 0 Å². The molecule has 0 heterocycles. The summed E-state index contributed by atoms with van der Waals surface area (Å²) in [6.45, 7) is 9.90. The fraction of sp³-hybridized carbons (Fsp3) is 0.846. The molecule has 0 aliphatic heterocycles. The van der Waals surface area contributed by atoms with Gasteiger partial charge in [-0.25, -0.2) is 0 Å². The highest BCUT2D eigenvalue weighted by Gasteiger charge is 2.40. The van der Waals surface area contributed by atoms with Crippen LogP contribution in [-0.4, -0.2) is 39.4 Å². The molecule has 0 aromatic rings. The van der Waals surface area contributed by atoms with Crippen LogP contribution in [0.3, 0.4) is 0 Å². The highest BCUT2D eigenvalue weighted by molar-refractivity contribution is 7.49. The maximum atomic E-state index is 11.7. The number of methoxy groups -OCH3 is 1. The largest absolute Gasteiger partial charge is 0.810 e. The summed E-state index contributed by atoms with van der Waals surface area (Å²) in [4.78, 5) is 44.5. The van der Waals surface area contributed by atoms with E-state index in [1.165, 1.54) is 7.11 Å². The van der Waals surface area contributed by atoms with Crippen molar-refractivity contribution in [3.8, 4) is 0 Å². The molecule has 0 N–H and O–H groups in total. The van der Waals surface area contributed by atoms with Gasteiger partial charge < -0.3 is 23.5 Å². The van der Waals surface area contributed by atoms with Gasteiger partial charge in [-0.2, -0.15) is 0 Å². The van der Waals surface area contributed by atoms with Crippen molar-refractivity contribution >= 4 is 27.7 Å². The summed E-state index contributed by atoms with van der Waals surface area (Å²) in [6.07, 6.45) is -2.30. The summed E-state index contributed by atoms with van der Waals surface area (Å²) >= 11 is 0. The minimum Gasteiger partial charge on any atom is -0.810 e. The minimum absolute atomic E-state index is 0.142. The molecule has 0 fully saturated rings. The summed E-state index contributed by atoms with van der Waals surface area (Å²) in [5.41, 5.74) is 0. The van der Waals surface area contributed by atoms with Gasteiger partial charge in [-0.3, -0.25) is 9.59 Å². The lowest BCUT2D eigenvalue weighted by atomic mass is 10.1. The molecule has 0 saturated carbocycles. The normalized spacial score (nSPS) is 14.5. The Labute approximate surface area is 132 Å². The van der Waals surface area contributed by atoms with E-state index in [0.29, 0.717) is 0 Å². The summed E-state index contributed by atoms with van der Waals surface area (Å²) in [6, 6.07) is 0. The Hall–Kier alpha value is -0.533. The maximum Gasteiger partial charge on any atom is 0.308 e. The van der Waals surface area contributed by atoms with Crippen molar-refractivity contribution in [2.24, 2.45) is 0 Å². The predicted octanol–water partition coefficient (Wildman–Crippen LogP) is 0.813. The van der Waals surface area contributed by atoms with Gasteiger partial charge in [0.05, 0.1) is 19.6 Å². The van der Waals surface area contributed by atoms with Crippen LogP contribution in [0, 0.1) is 0 Å². The van der Waals surface area contributed by atoms with E-state index in [2.05, 4.69) is 4.74 Å². The lowest BCUT2D eigenvalue weighted by Gasteiger charge is -2.39. The second-order valence-electron chi connectivity index (χ2n) is 6.79. The van der Waals surface area contributed by atoms with Crippen molar-refractivity contribution < 1.29 is 33.1 Å². The zero-order chi connectivity index (χ0) is 17.8. The highest BCUT2D eigenvalue weighted by Crippen LogP contribution is 2.38. The van der Waals surface area contributed by atoms with Crippen molar-refractivity contribution in [2.75, 3.05) is 13.3 Å². The van der Waals surface area contributed by atoms with Crippen LogP contribution < -0.4 is 9.79 Å². The zero-order valence-corrected chi connectivity index (χ0v) is 15.9. The van der Waals surface area contributed by atoms with Gasteiger partial charge in [0.2, 0.25) is 0 Å². The van der Waals surface area contributed by atoms with E-state index in [0.717, 1.165) is 0 Å². The molecule has 130 valence electrons. The molecule has 7 nitrogen and oxygen atoms in total. The van der Waals surface area contributed by atoms with Crippen LogP contribution in [0.5, 0.6) is 0 Å². The molecule has 0 amide bonds. The van der Waals surface area contributed by atoms with Gasteiger partial charge in [0.25, 0.3) is 0 Å². The van der Waals surface area contributed by atoms with Crippen LogP contribution in [0.4, 0.5) is 0 Å². The molecule has 0 aromatic carbocycles. The smallest absolute Gasteiger partial charge is 0.308 e. The number of hydrogen-bond donors (Lipinski definition) is 0. The molecule has 1 atom stereocenters. The van der Waals surface area contributed by atoms with Gasteiger partial charge in [-0.1, -0.05) is 28.4 Å². The fourth-order valence-electron chi connectivity index (χ4n) is 1.55. The highest BCUT2D eigenvalue weighted by atomic mass is 31.2. The number of ketones is 1. The van der Waals surface area contributed by atoms with E-state index in [9.17, 15) is 23.9 Å². The van der Waals surface area contributed by atoms with E-state index in [4.69, 9.17) is 4.43 Å². The Morgan fingerprint density at radius 1 is 1.18 bits per heavy atom. The zero-order valence-electron chi connectivity index (χ0n) is 14.0. The third-order valence-corrected chi connectivity index (χ3v) is 8.99. The lowest BCUT2D eigenvalue weighted by Crippen LogP contribution is -2.45. The van der Waals surface area contributed by atoms with E-state index in [-0.39, 0.29) is 17.9 Å². The van der Waals surface area contributed by atoms with Crippen molar-refractivity contribution in [2.45, 2.75) is 57.8 Å². The summed E-state index contributed by atoms with van der Waals surface area (Å²) < 4.78 is 21.2. The second-order valence-corrected chi connectivity index (χ2v) is 13.1. The Morgan fingerprint density at radius 3 is 2.05 bits per heavy atom. The summed E-state index contributed by atoms with van der Waals surface area (Å²) in [5.74, 6) is -1.30. The molecule has 0 aromatic heterocycles. The second kappa shape index (κ2) is 7.83. The van der Waals surface area contributed by atoms with E-state index >= 15 is 0 Å². The molecule has 0 rings (SSSR count). The van der Waals surface area contributed by atoms with Crippen molar-refractivity contribution in [3.05, 3.63) is 0 Å². The van der Waals surface area contributed by atoms with Crippen LogP contribution in [0.1, 0.15) is 33.6 Å². The van der Waals surface area contributed by atoms with Gasteiger partial charge in [0, 0.05) is 12.6 Å². The molecular formula is C13H25O7PSi-2. The fourth-order valence-corrected chi connectivity index (χ4v) is 3.47. The lowest BCUT2D eigenvalue weighted by molar-refractivity contribution is -0.312. The Bertz CT molecular complexity index is 450. The molecule has 9 heteroatoms. The molecule has 0 aliphatic carbocycles. The van der Waals surface area contributed by atoms with Crippen LogP contribution in [0.25, 0.3) is 0 Å². The standard InChI is InChI=1S/C13H27O7PSi/c1-13(2,3)22(5,6)20-11(8-12(15)19-4)7-10(14)9-21(16,17)18/h11H,7-9H2,1-6H3,(H2,16,17,18)/p-2. The third-order valence-electron chi connectivity index (χ3n) is 3.71. The molecule has 0 saturated heterocycles. The number of carbonyl (C=O) groups excluding carboxylic acids is 2. The van der Waals surface area contributed by atoms with Gasteiger partial charge in [-0.05, 0) is 18.1 Å². The number of hydrogen-bond acceptors (Lipinski definition) is 7. The van der Waals surface area contributed by atoms with Crippen LogP contribution in [0.2, 0.25) is 18.1 Å². The molecule has 1 unspecified atom stereocenters. The third kappa shape index (κ3) is 8.19. The van der Waals surface area contributed by atoms with Gasteiger partial charge in [0.1, 0.15) is 5.78 Å². The predicted molar refractivity (Wildman–Crippen MR) is 80.8 cm³/mol. The number of rotatable bonds is 8. The van der Waals surface area contributed by atoms with E-state index < -0.39 is 39.9 Å². The summed E-state index contributed by atoms with van der Waals surface area (Å²) in [7, 11) is -5.95. The topological polar surface area (TPSA) is 116 Å². The molecule has 0 radical (unpaired) electrons. The SMILES string of the molecule is COC(=O)CC(CC(=O)CP(=O)([O-])[O-])O[Si](C)(C)C(C)(C)C. The quantitative estimate of drug-likeness (QED) is 0.360. The molecule has 0 aliphatic rings. The minimum atomic E-state index is -4.91. The molecule has 22 heavy (non-hydrogen) atoms. The molecular weight excluding hydrogens is 327 g/mol. The first-order valence-corrected chi connectivity index (χ1v) is 11.6. The Balaban J connectivity index is 5.03. The number of esters is 1. The van der Waals surface area contributed by atoms with Crippen LogP contribution in [0.15, 0.2) is 0 Å². The first-order chi connectivity index (χ1) is 9.68. The maximum absolute atomic E-state index is 11.7. The van der Waals surface area contributed by atoms with Crippen LogP contribution >= 0.6 is 7.60 Å². The Morgan fingerprint density at radius 2 is 1.68 bits per heavy atom. The van der Waals surface area contributed by atoms with E-state index in [1.54, 1.807) is 0 Å². The number of carbonyl (C=O) groups is 2. The molecule has 0 bridgehead atoms. The number of Topliss-reactive ketones (excluding diaryl/α,β-unsaturated/α-hetero) is 1. The van der Waals surface area contributed by atoms with Gasteiger partial charge >= 0.3 is 5.97 Å². The van der Waals surface area contributed by atoms with Crippen molar-refractivity contribution in [3.63, 3.8) is 0 Å².